The van der Waals surface area contributed by atoms with Gasteiger partial charge < -0.3 is 20.1 Å². The summed E-state index contributed by atoms with van der Waals surface area (Å²) in [7, 11) is 4.42. The van der Waals surface area contributed by atoms with E-state index in [9.17, 15) is 59.9 Å². The van der Waals surface area contributed by atoms with Gasteiger partial charge in [0.25, 0.3) is 16.7 Å². The van der Waals surface area contributed by atoms with Gasteiger partial charge in [-0.1, -0.05) is 69.3 Å². The molecule has 6 aromatic heterocycles. The maximum absolute atomic E-state index is 13.5. The number of aromatic amines is 3. The van der Waals surface area contributed by atoms with Crippen LogP contribution in [0.5, 0.6) is 0 Å². The van der Waals surface area contributed by atoms with Crippen LogP contribution in [-0.4, -0.2) is 53.4 Å². The molecule has 17 nitrogen and oxygen atoms in total. The molecule has 0 unspecified atom stereocenters. The van der Waals surface area contributed by atoms with Crippen LogP contribution in [0.15, 0.2) is 136 Å². The topological polar surface area (TPSA) is 217 Å². The van der Waals surface area contributed by atoms with Crippen molar-refractivity contribution in [2.24, 2.45) is 21.1 Å². The summed E-state index contributed by atoms with van der Waals surface area (Å²) in [6.07, 6.45) is 0.551. The molecule has 79 heavy (non-hydrogen) atoms. The molecule has 0 aliphatic carbocycles. The Hall–Kier alpha value is -8.79. The van der Waals surface area contributed by atoms with E-state index in [1.807, 2.05) is 30.3 Å². The van der Waals surface area contributed by atoms with Crippen molar-refractivity contribution >= 4 is 55.0 Å². The minimum absolute atomic E-state index is 0. The van der Waals surface area contributed by atoms with Crippen LogP contribution in [0.4, 0.5) is 26.3 Å². The van der Waals surface area contributed by atoms with Crippen molar-refractivity contribution in [3.05, 3.63) is 239 Å². The molecule has 0 spiro atoms. The Morgan fingerprint density at radius 2 is 0.886 bits per heavy atom. The molecule has 4 N–H and O–H groups in total. The average Bonchev–Trinajstić information content (AvgIpc) is 4.22. The molecule has 0 saturated carbocycles. The third-order valence-corrected chi connectivity index (χ3v) is 12.3. The van der Waals surface area contributed by atoms with E-state index < -0.39 is 74.6 Å². The van der Waals surface area contributed by atoms with Gasteiger partial charge in [0.2, 0.25) is 0 Å². The van der Waals surface area contributed by atoms with Gasteiger partial charge in [0.05, 0.1) is 46.1 Å². The first-order valence-corrected chi connectivity index (χ1v) is 23.1. The number of benzene rings is 4. The fourth-order valence-corrected chi connectivity index (χ4v) is 8.43. The predicted molar refractivity (Wildman–Crippen MR) is 285 cm³/mol. The number of carbonyl (C=O) groups is 1. The SMILES string of the molecule is C.C.Cn1c(=O)n(Cc2ccc(F)c(F)c2)c(=O)c2cc(Br)[nH]c21.Cn1c(=O)n(Cc2ccc(F)c(F)c2)c(=O)c2cc(C#CCc3ccccc3)[nH]c21.Cn1c(=O)n(Cc2ccc(F)c(F)c2)c(=O)c2cc(C(=O)O)[nH]c21.[V]. The minimum Gasteiger partial charge on any atom is -0.477 e. The van der Waals surface area contributed by atoms with Crippen LogP contribution < -0.4 is 33.7 Å². The average molecular weight is 1190 g/mol. The Morgan fingerprint density at radius 3 is 1.29 bits per heavy atom. The minimum atomic E-state index is -1.27. The fourth-order valence-electron chi connectivity index (χ4n) is 8.01. The molecule has 4 aromatic carbocycles. The Bertz CT molecular complexity index is 4410. The molecule has 0 amide bonds. The zero-order valence-corrected chi connectivity index (χ0v) is 43.2. The Balaban J connectivity index is 0.000000217. The van der Waals surface area contributed by atoms with Gasteiger partial charge in [0.15, 0.2) is 34.9 Å². The molecule has 0 atom stereocenters. The van der Waals surface area contributed by atoms with Crippen molar-refractivity contribution in [3.63, 3.8) is 0 Å². The summed E-state index contributed by atoms with van der Waals surface area (Å²) in [5.74, 6) is -1.39. The van der Waals surface area contributed by atoms with Crippen LogP contribution in [0, 0.1) is 46.7 Å². The third-order valence-electron chi connectivity index (χ3n) is 11.9. The number of carboxylic acids is 1. The van der Waals surface area contributed by atoms with E-state index in [2.05, 4.69) is 42.7 Å². The monoisotopic (exact) mass is 1190 g/mol. The molecule has 10 rings (SSSR count). The summed E-state index contributed by atoms with van der Waals surface area (Å²) >= 11 is 3.22. The maximum Gasteiger partial charge on any atom is 0.352 e. The van der Waals surface area contributed by atoms with E-state index in [1.54, 1.807) is 12.1 Å². The number of hydrogen-bond donors (Lipinski definition) is 4. The number of carboxylic acid groups (broad SMARTS) is 1. The van der Waals surface area contributed by atoms with Gasteiger partial charge in [0.1, 0.15) is 22.6 Å². The van der Waals surface area contributed by atoms with Gasteiger partial charge in [-0.15, -0.1) is 0 Å². The van der Waals surface area contributed by atoms with Gasteiger partial charge in [-0.3, -0.25) is 41.8 Å². The van der Waals surface area contributed by atoms with E-state index in [0.29, 0.717) is 49.9 Å². The summed E-state index contributed by atoms with van der Waals surface area (Å²) < 4.78 is 86.2. The second-order valence-corrected chi connectivity index (χ2v) is 17.8. The number of halogens is 7. The summed E-state index contributed by atoms with van der Waals surface area (Å²) in [4.78, 5) is 94.4. The van der Waals surface area contributed by atoms with Crippen LogP contribution in [0.25, 0.3) is 33.1 Å². The molecule has 0 bridgehead atoms. The van der Waals surface area contributed by atoms with Crippen molar-refractivity contribution in [2.75, 3.05) is 0 Å². The molecule has 0 aliphatic heterocycles. The zero-order valence-electron chi connectivity index (χ0n) is 40.2. The van der Waals surface area contributed by atoms with E-state index >= 15 is 0 Å². The summed E-state index contributed by atoms with van der Waals surface area (Å²) in [6.45, 7) is -0.577. The van der Waals surface area contributed by atoms with Crippen molar-refractivity contribution in [1.82, 2.24) is 42.4 Å². The molecule has 0 aliphatic rings. The van der Waals surface area contributed by atoms with Crippen molar-refractivity contribution in [3.8, 4) is 11.8 Å². The number of hydrogen-bond acceptors (Lipinski definition) is 7. The zero-order chi connectivity index (χ0) is 54.9. The first kappa shape index (κ1) is 61.1. The van der Waals surface area contributed by atoms with E-state index in [4.69, 9.17) is 5.11 Å². The van der Waals surface area contributed by atoms with E-state index in [1.165, 1.54) is 48.5 Å². The second kappa shape index (κ2) is 25.1. The van der Waals surface area contributed by atoms with Crippen molar-refractivity contribution in [2.45, 2.75) is 40.9 Å². The van der Waals surface area contributed by atoms with E-state index in [-0.39, 0.29) is 75.3 Å². The number of aryl methyl sites for hydroxylation is 3. The van der Waals surface area contributed by atoms with Crippen LogP contribution >= 0.6 is 15.9 Å². The molecular formula is C54H46BrF6N9O8V. The van der Waals surface area contributed by atoms with Crippen LogP contribution in [0.2, 0.25) is 0 Å². The summed E-state index contributed by atoms with van der Waals surface area (Å²) in [5.41, 5.74) is -0.530. The first-order valence-electron chi connectivity index (χ1n) is 22.3. The van der Waals surface area contributed by atoms with Gasteiger partial charge >= 0.3 is 23.0 Å². The van der Waals surface area contributed by atoms with Crippen molar-refractivity contribution in [1.29, 1.82) is 0 Å². The number of H-pyrrole nitrogens is 3. The molecule has 10 aromatic rings. The van der Waals surface area contributed by atoms with Gasteiger partial charge in [-0.2, -0.15) is 0 Å². The van der Waals surface area contributed by atoms with Crippen LogP contribution in [0.3, 0.4) is 0 Å². The molecule has 25 heteroatoms. The molecular weight excluding hydrogens is 1150 g/mol. The molecule has 6 heterocycles. The maximum atomic E-state index is 13.5. The standard InChI is InChI=1S/C23H17F2N3O2.C15H11F2N3O4.C14H10BrF2N3O2.2CH4.V/c1-27-21-18(13-17(26-21)9-5-8-15-6-3-2-4-7-15)22(29)28(23(27)30)14-16-10-11-19(24)20(25)12-16;1-19-12-8(5-11(18-12)14(22)23)13(21)20(15(19)24)6-7-2-3-9(16)10(17)4-7;1-19-12-8(5-11(15)18-12)13(21)20(14(19)22)6-7-2-3-9(16)10(17)4-7;;;/h2-4,6-7,10-13,26H,8,14H2,1H3;2-5,18H,6H2,1H3,(H,22,23);2-5,18H,6H2,1H3;2*1H4;. The molecule has 0 fully saturated rings. The second-order valence-electron chi connectivity index (χ2n) is 17.0. The van der Waals surface area contributed by atoms with Crippen LogP contribution in [0.1, 0.15) is 53.3 Å². The van der Waals surface area contributed by atoms with Gasteiger partial charge in [-0.25, -0.2) is 45.5 Å². The smallest absolute Gasteiger partial charge is 0.352 e. The fraction of sp³-hybridized carbons (Fsp3) is 0.167. The predicted octanol–water partition coefficient (Wildman–Crippen LogP) is 7.39. The molecule has 1 radical (unpaired) electrons. The summed E-state index contributed by atoms with van der Waals surface area (Å²) in [6, 6.07) is 23.6. The quantitative estimate of drug-likeness (QED) is 0.0887. The van der Waals surface area contributed by atoms with Gasteiger partial charge in [-0.05, 0) is 98.7 Å². The number of rotatable bonds is 8. The Morgan fingerprint density at radius 1 is 0.506 bits per heavy atom. The number of aromatic nitrogens is 9. The normalized spacial score (nSPS) is 10.6. The number of nitrogens with zero attached hydrogens (tertiary/aromatic N) is 6. The Labute approximate surface area is 462 Å². The van der Waals surface area contributed by atoms with Gasteiger partial charge in [0, 0.05) is 46.1 Å². The number of aromatic carboxylic acids is 1. The van der Waals surface area contributed by atoms with E-state index in [0.717, 1.165) is 66.3 Å². The Kier molecular flexibility index (Phi) is 19.4. The molecule has 409 valence electrons. The summed E-state index contributed by atoms with van der Waals surface area (Å²) in [5, 5.41) is 9.63. The van der Waals surface area contributed by atoms with Crippen molar-refractivity contribution < 1.29 is 54.8 Å². The third kappa shape index (κ3) is 12.8. The largest absolute Gasteiger partial charge is 0.477 e. The number of nitrogens with one attached hydrogen (secondary N) is 3. The van der Waals surface area contributed by atoms with Crippen LogP contribution in [-0.2, 0) is 65.8 Å². The molecule has 0 saturated heterocycles. The number of fused-ring (bicyclic) bond motifs is 3. The first-order chi connectivity index (χ1) is 36.1.